The van der Waals surface area contributed by atoms with E-state index in [1.165, 1.54) is 12.0 Å². The van der Waals surface area contributed by atoms with Gasteiger partial charge in [0.05, 0.1) is 6.61 Å². The van der Waals surface area contributed by atoms with E-state index in [9.17, 15) is 0 Å². The molecule has 1 aliphatic heterocycles. The van der Waals surface area contributed by atoms with Gasteiger partial charge in [-0.3, -0.25) is 0 Å². The van der Waals surface area contributed by atoms with Crippen molar-refractivity contribution in [1.29, 1.82) is 0 Å². The van der Waals surface area contributed by atoms with Crippen molar-refractivity contribution < 1.29 is 9.47 Å². The summed E-state index contributed by atoms with van der Waals surface area (Å²) in [5.74, 6) is 1.64. The summed E-state index contributed by atoms with van der Waals surface area (Å²) < 4.78 is 11.2. The molecule has 0 radical (unpaired) electrons. The average Bonchev–Trinajstić information content (AvgIpc) is 2.51. The molecule has 0 saturated carbocycles. The Labute approximate surface area is 122 Å². The molecule has 1 atom stereocenters. The lowest BCUT2D eigenvalue weighted by atomic mass is 9.87. The van der Waals surface area contributed by atoms with E-state index in [2.05, 4.69) is 36.5 Å². The second-order valence-electron chi connectivity index (χ2n) is 5.49. The van der Waals surface area contributed by atoms with Crippen molar-refractivity contribution in [3.8, 4) is 5.75 Å². The predicted molar refractivity (Wildman–Crippen MR) is 82.2 cm³/mol. The lowest BCUT2D eigenvalue weighted by Crippen LogP contribution is -2.29. The molecule has 1 aromatic rings. The molecular weight excluding hydrogens is 250 g/mol. The maximum absolute atomic E-state index is 5.72. The summed E-state index contributed by atoms with van der Waals surface area (Å²) in [7, 11) is 2.05. The van der Waals surface area contributed by atoms with Crippen LogP contribution >= 0.6 is 0 Å². The van der Waals surface area contributed by atoms with Crippen LogP contribution in [-0.4, -0.2) is 26.9 Å². The first-order valence-corrected chi connectivity index (χ1v) is 7.83. The van der Waals surface area contributed by atoms with E-state index < -0.39 is 0 Å². The van der Waals surface area contributed by atoms with Gasteiger partial charge in [-0.05, 0) is 49.9 Å². The third-order valence-electron chi connectivity index (χ3n) is 4.05. The number of nitrogens with one attached hydrogen (secondary N) is 1. The number of ether oxygens (including phenoxy) is 2. The SMILES string of the molecule is CCCCOc1ccc(C(NC)C2CCOCC2)cc1. The van der Waals surface area contributed by atoms with Crippen molar-refractivity contribution in [3.05, 3.63) is 29.8 Å². The standard InChI is InChI=1S/C17H27NO2/c1-3-4-11-20-16-7-5-14(6-8-16)17(18-2)15-9-12-19-13-10-15/h5-8,15,17-18H,3-4,9-13H2,1-2H3. The highest BCUT2D eigenvalue weighted by Gasteiger charge is 2.23. The van der Waals surface area contributed by atoms with Gasteiger partial charge in [0.25, 0.3) is 0 Å². The lowest BCUT2D eigenvalue weighted by Gasteiger charge is -2.30. The second kappa shape index (κ2) is 8.28. The van der Waals surface area contributed by atoms with E-state index >= 15 is 0 Å². The summed E-state index contributed by atoms with van der Waals surface area (Å²) >= 11 is 0. The fourth-order valence-corrected chi connectivity index (χ4v) is 2.83. The lowest BCUT2D eigenvalue weighted by molar-refractivity contribution is 0.0546. The van der Waals surface area contributed by atoms with Crippen LogP contribution in [0.2, 0.25) is 0 Å². The molecule has 20 heavy (non-hydrogen) atoms. The molecule has 1 aliphatic rings. The highest BCUT2D eigenvalue weighted by atomic mass is 16.5. The number of unbranched alkanes of at least 4 members (excludes halogenated alkanes) is 1. The van der Waals surface area contributed by atoms with Crippen molar-refractivity contribution in [2.75, 3.05) is 26.9 Å². The van der Waals surface area contributed by atoms with E-state index in [-0.39, 0.29) is 0 Å². The van der Waals surface area contributed by atoms with Crippen LogP contribution in [0, 0.1) is 5.92 Å². The molecule has 0 spiro atoms. The molecule has 1 fully saturated rings. The number of benzene rings is 1. The summed E-state index contributed by atoms with van der Waals surface area (Å²) in [5.41, 5.74) is 1.35. The van der Waals surface area contributed by atoms with Gasteiger partial charge in [-0.15, -0.1) is 0 Å². The molecule has 1 N–H and O–H groups in total. The van der Waals surface area contributed by atoms with Crippen LogP contribution in [0.3, 0.4) is 0 Å². The van der Waals surface area contributed by atoms with Crippen LogP contribution in [0.4, 0.5) is 0 Å². The zero-order chi connectivity index (χ0) is 14.2. The van der Waals surface area contributed by atoms with Crippen molar-refractivity contribution in [2.24, 2.45) is 5.92 Å². The molecule has 2 rings (SSSR count). The predicted octanol–water partition coefficient (Wildman–Crippen LogP) is 3.55. The van der Waals surface area contributed by atoms with Gasteiger partial charge in [-0.2, -0.15) is 0 Å². The van der Waals surface area contributed by atoms with Gasteiger partial charge in [0, 0.05) is 19.3 Å². The molecule has 0 aliphatic carbocycles. The second-order valence-corrected chi connectivity index (χ2v) is 5.49. The summed E-state index contributed by atoms with van der Waals surface area (Å²) in [6.45, 7) is 4.77. The summed E-state index contributed by atoms with van der Waals surface area (Å²) in [5, 5.41) is 3.46. The first kappa shape index (κ1) is 15.3. The molecule has 3 heteroatoms. The van der Waals surface area contributed by atoms with Gasteiger partial charge in [0.15, 0.2) is 0 Å². The molecule has 0 bridgehead atoms. The number of hydrogen-bond acceptors (Lipinski definition) is 3. The van der Waals surface area contributed by atoms with Gasteiger partial charge in [-0.1, -0.05) is 25.5 Å². The van der Waals surface area contributed by atoms with Crippen LogP contribution in [0.25, 0.3) is 0 Å². The molecular formula is C17H27NO2. The quantitative estimate of drug-likeness (QED) is 0.773. The van der Waals surface area contributed by atoms with Gasteiger partial charge in [0.1, 0.15) is 5.75 Å². The summed E-state index contributed by atoms with van der Waals surface area (Å²) in [6, 6.07) is 8.99. The van der Waals surface area contributed by atoms with Gasteiger partial charge >= 0.3 is 0 Å². The van der Waals surface area contributed by atoms with E-state index in [0.717, 1.165) is 44.8 Å². The third-order valence-corrected chi connectivity index (χ3v) is 4.05. The Hall–Kier alpha value is -1.06. The Bertz CT molecular complexity index is 371. The van der Waals surface area contributed by atoms with E-state index in [0.29, 0.717) is 12.0 Å². The first-order chi connectivity index (χ1) is 9.85. The van der Waals surface area contributed by atoms with E-state index in [4.69, 9.17) is 9.47 Å². The van der Waals surface area contributed by atoms with Crippen LogP contribution in [0.1, 0.15) is 44.2 Å². The minimum atomic E-state index is 0.420. The monoisotopic (exact) mass is 277 g/mol. The molecule has 1 heterocycles. The molecule has 3 nitrogen and oxygen atoms in total. The highest BCUT2D eigenvalue weighted by molar-refractivity contribution is 5.29. The number of rotatable bonds is 7. The van der Waals surface area contributed by atoms with Crippen molar-refractivity contribution in [1.82, 2.24) is 5.32 Å². The number of hydrogen-bond donors (Lipinski definition) is 1. The smallest absolute Gasteiger partial charge is 0.119 e. The Morgan fingerprint density at radius 1 is 1.25 bits per heavy atom. The molecule has 0 amide bonds. The van der Waals surface area contributed by atoms with Crippen molar-refractivity contribution in [3.63, 3.8) is 0 Å². The topological polar surface area (TPSA) is 30.5 Å². The largest absolute Gasteiger partial charge is 0.494 e. The van der Waals surface area contributed by atoms with Gasteiger partial charge < -0.3 is 14.8 Å². The molecule has 1 saturated heterocycles. The van der Waals surface area contributed by atoms with Crippen molar-refractivity contribution in [2.45, 2.75) is 38.6 Å². The molecule has 1 aromatic carbocycles. The Balaban J connectivity index is 1.95. The van der Waals surface area contributed by atoms with E-state index in [1.54, 1.807) is 0 Å². The average molecular weight is 277 g/mol. The molecule has 1 unspecified atom stereocenters. The summed E-state index contributed by atoms with van der Waals surface area (Å²) in [4.78, 5) is 0. The van der Waals surface area contributed by atoms with Crippen LogP contribution in [0.15, 0.2) is 24.3 Å². The summed E-state index contributed by atoms with van der Waals surface area (Å²) in [6.07, 6.45) is 4.56. The minimum Gasteiger partial charge on any atom is -0.494 e. The Kier molecular flexibility index (Phi) is 6.34. The van der Waals surface area contributed by atoms with Crippen LogP contribution in [-0.2, 0) is 4.74 Å². The first-order valence-electron chi connectivity index (χ1n) is 7.83. The third kappa shape index (κ3) is 4.22. The van der Waals surface area contributed by atoms with Crippen LogP contribution < -0.4 is 10.1 Å². The van der Waals surface area contributed by atoms with Gasteiger partial charge in [-0.25, -0.2) is 0 Å². The maximum atomic E-state index is 5.72. The maximum Gasteiger partial charge on any atom is 0.119 e. The van der Waals surface area contributed by atoms with Crippen LogP contribution in [0.5, 0.6) is 5.75 Å². The fourth-order valence-electron chi connectivity index (χ4n) is 2.83. The van der Waals surface area contributed by atoms with E-state index in [1.807, 2.05) is 7.05 Å². The molecule has 0 aromatic heterocycles. The fraction of sp³-hybridized carbons (Fsp3) is 0.647. The van der Waals surface area contributed by atoms with Crippen molar-refractivity contribution >= 4 is 0 Å². The molecule has 112 valence electrons. The van der Waals surface area contributed by atoms with Gasteiger partial charge in [0.2, 0.25) is 0 Å². The Morgan fingerprint density at radius 3 is 2.55 bits per heavy atom. The Morgan fingerprint density at radius 2 is 1.95 bits per heavy atom. The zero-order valence-electron chi connectivity index (χ0n) is 12.7. The zero-order valence-corrected chi connectivity index (χ0v) is 12.7. The normalized spacial score (nSPS) is 17.9. The minimum absolute atomic E-state index is 0.420. The highest BCUT2D eigenvalue weighted by Crippen LogP contribution is 2.30.